The second-order valence-electron chi connectivity index (χ2n) is 4.76. The SMILES string of the molecule is CC(CNC(=O)c1ccc(Br)s1)N1CCCCC1. The monoisotopic (exact) mass is 330 g/mol. The Balaban J connectivity index is 1.78. The van der Waals surface area contributed by atoms with Crippen LogP contribution in [0.3, 0.4) is 0 Å². The van der Waals surface area contributed by atoms with E-state index in [9.17, 15) is 4.79 Å². The van der Waals surface area contributed by atoms with Crippen LogP contribution >= 0.6 is 27.3 Å². The molecule has 1 fully saturated rings. The zero-order chi connectivity index (χ0) is 13.0. The molecule has 3 nitrogen and oxygen atoms in total. The van der Waals surface area contributed by atoms with E-state index in [1.54, 1.807) is 0 Å². The Morgan fingerprint density at radius 3 is 2.78 bits per heavy atom. The van der Waals surface area contributed by atoms with Gasteiger partial charge in [-0.1, -0.05) is 6.42 Å². The number of hydrogen-bond donors (Lipinski definition) is 1. The molecule has 100 valence electrons. The quantitative estimate of drug-likeness (QED) is 0.919. The third-order valence-electron chi connectivity index (χ3n) is 3.37. The molecule has 0 radical (unpaired) electrons. The summed E-state index contributed by atoms with van der Waals surface area (Å²) in [4.78, 5) is 15.1. The zero-order valence-corrected chi connectivity index (χ0v) is 13.0. The van der Waals surface area contributed by atoms with Gasteiger partial charge >= 0.3 is 0 Å². The summed E-state index contributed by atoms with van der Waals surface area (Å²) < 4.78 is 0.997. The van der Waals surface area contributed by atoms with Crippen molar-refractivity contribution in [1.29, 1.82) is 0 Å². The van der Waals surface area contributed by atoms with Crippen molar-refractivity contribution >= 4 is 33.2 Å². The number of hydrogen-bond acceptors (Lipinski definition) is 3. The Bertz CT molecular complexity index is 401. The van der Waals surface area contributed by atoms with E-state index in [1.807, 2.05) is 12.1 Å². The number of nitrogens with one attached hydrogen (secondary N) is 1. The molecule has 1 atom stereocenters. The normalized spacial score (nSPS) is 18.6. The van der Waals surface area contributed by atoms with Crippen LogP contribution in [0.2, 0.25) is 0 Å². The maximum Gasteiger partial charge on any atom is 0.261 e. The lowest BCUT2D eigenvalue weighted by Gasteiger charge is -2.32. The average molecular weight is 331 g/mol. The maximum absolute atomic E-state index is 11.9. The summed E-state index contributed by atoms with van der Waals surface area (Å²) in [5.74, 6) is 0.0366. The molecule has 5 heteroatoms. The van der Waals surface area contributed by atoms with Crippen molar-refractivity contribution in [2.75, 3.05) is 19.6 Å². The topological polar surface area (TPSA) is 32.3 Å². The molecule has 1 N–H and O–H groups in total. The minimum atomic E-state index is 0.0366. The van der Waals surface area contributed by atoms with Crippen LogP contribution in [0.1, 0.15) is 35.9 Å². The number of thiophene rings is 1. The van der Waals surface area contributed by atoms with Crippen LogP contribution in [-0.4, -0.2) is 36.5 Å². The molecule has 1 aliphatic rings. The fourth-order valence-corrected chi connectivity index (χ4v) is 3.55. The highest BCUT2D eigenvalue weighted by atomic mass is 79.9. The van der Waals surface area contributed by atoms with Gasteiger partial charge in [-0.3, -0.25) is 9.69 Å². The van der Waals surface area contributed by atoms with Crippen LogP contribution < -0.4 is 5.32 Å². The summed E-state index contributed by atoms with van der Waals surface area (Å²) in [6.45, 7) is 5.26. The van der Waals surface area contributed by atoms with Crippen molar-refractivity contribution in [1.82, 2.24) is 10.2 Å². The Labute approximate surface area is 121 Å². The van der Waals surface area contributed by atoms with Crippen molar-refractivity contribution in [3.63, 3.8) is 0 Å². The van der Waals surface area contributed by atoms with Crippen LogP contribution in [0.5, 0.6) is 0 Å². The highest BCUT2D eigenvalue weighted by Gasteiger charge is 2.17. The molecular weight excluding hydrogens is 312 g/mol. The summed E-state index contributed by atoms with van der Waals surface area (Å²) in [5, 5.41) is 3.02. The molecule has 0 aromatic carbocycles. The van der Waals surface area contributed by atoms with Crippen LogP contribution in [0.4, 0.5) is 0 Å². The standard InChI is InChI=1S/C13H19BrN2OS/c1-10(16-7-3-2-4-8-16)9-15-13(17)11-5-6-12(14)18-11/h5-6,10H,2-4,7-9H2,1H3,(H,15,17). The van der Waals surface area contributed by atoms with Crippen molar-refractivity contribution in [3.8, 4) is 0 Å². The van der Waals surface area contributed by atoms with Crippen LogP contribution in [0.25, 0.3) is 0 Å². The summed E-state index contributed by atoms with van der Waals surface area (Å²) in [6.07, 6.45) is 3.92. The van der Waals surface area contributed by atoms with E-state index < -0.39 is 0 Å². The molecule has 1 aliphatic heterocycles. The molecule has 0 saturated carbocycles. The molecule has 1 saturated heterocycles. The van der Waals surface area contributed by atoms with Gasteiger partial charge in [0.2, 0.25) is 0 Å². The molecule has 1 aromatic rings. The smallest absolute Gasteiger partial charge is 0.261 e. The van der Waals surface area contributed by atoms with Crippen molar-refractivity contribution in [2.45, 2.75) is 32.2 Å². The highest BCUT2D eigenvalue weighted by molar-refractivity contribution is 9.11. The number of rotatable bonds is 4. The maximum atomic E-state index is 11.9. The second kappa shape index (κ2) is 6.68. The fraction of sp³-hybridized carbons (Fsp3) is 0.615. The van der Waals surface area contributed by atoms with E-state index in [0.29, 0.717) is 6.04 Å². The number of amides is 1. The van der Waals surface area contributed by atoms with Gasteiger partial charge in [-0.2, -0.15) is 0 Å². The fourth-order valence-electron chi connectivity index (χ4n) is 2.25. The first-order valence-corrected chi connectivity index (χ1v) is 8.05. The van der Waals surface area contributed by atoms with Gasteiger partial charge in [0.05, 0.1) is 8.66 Å². The van der Waals surface area contributed by atoms with E-state index in [2.05, 4.69) is 33.1 Å². The largest absolute Gasteiger partial charge is 0.350 e. The Hall–Kier alpha value is -0.390. The average Bonchev–Trinajstić information content (AvgIpc) is 2.83. The van der Waals surface area contributed by atoms with E-state index in [0.717, 1.165) is 15.2 Å². The third kappa shape index (κ3) is 3.80. The van der Waals surface area contributed by atoms with Gasteiger partial charge in [0.15, 0.2) is 0 Å². The number of carbonyl (C=O) groups excluding carboxylic acids is 1. The molecule has 1 amide bonds. The minimum absolute atomic E-state index is 0.0366. The van der Waals surface area contributed by atoms with Crippen LogP contribution in [0.15, 0.2) is 15.9 Å². The Morgan fingerprint density at radius 1 is 1.44 bits per heavy atom. The van der Waals surface area contributed by atoms with Gasteiger partial charge in [-0.05, 0) is 60.9 Å². The number of piperidine rings is 1. The lowest BCUT2D eigenvalue weighted by Crippen LogP contribution is -2.44. The van der Waals surface area contributed by atoms with Crippen molar-refractivity contribution in [2.24, 2.45) is 0 Å². The van der Waals surface area contributed by atoms with Gasteiger partial charge in [-0.15, -0.1) is 11.3 Å². The Kier molecular flexibility index (Phi) is 5.21. The predicted octanol–water partition coefficient (Wildman–Crippen LogP) is 3.11. The van der Waals surface area contributed by atoms with Gasteiger partial charge < -0.3 is 5.32 Å². The molecule has 2 rings (SSSR count). The molecule has 1 aromatic heterocycles. The van der Waals surface area contributed by atoms with Crippen molar-refractivity contribution < 1.29 is 4.79 Å². The molecule has 0 aliphatic carbocycles. The molecule has 2 heterocycles. The molecule has 18 heavy (non-hydrogen) atoms. The molecule has 1 unspecified atom stereocenters. The van der Waals surface area contributed by atoms with Crippen molar-refractivity contribution in [3.05, 3.63) is 20.8 Å². The van der Waals surface area contributed by atoms with E-state index in [-0.39, 0.29) is 5.91 Å². The highest BCUT2D eigenvalue weighted by Crippen LogP contribution is 2.21. The second-order valence-corrected chi connectivity index (χ2v) is 7.22. The molecular formula is C13H19BrN2OS. The van der Waals surface area contributed by atoms with Crippen LogP contribution in [-0.2, 0) is 0 Å². The third-order valence-corrected chi connectivity index (χ3v) is 4.99. The molecule has 0 spiro atoms. The number of likely N-dealkylation sites (tertiary alicyclic amines) is 1. The minimum Gasteiger partial charge on any atom is -0.350 e. The summed E-state index contributed by atoms with van der Waals surface area (Å²) in [5.41, 5.74) is 0. The summed E-state index contributed by atoms with van der Waals surface area (Å²) >= 11 is 4.85. The lowest BCUT2D eigenvalue weighted by atomic mass is 10.1. The number of carbonyl (C=O) groups is 1. The predicted molar refractivity (Wildman–Crippen MR) is 79.2 cm³/mol. The number of halogens is 1. The van der Waals surface area contributed by atoms with Gasteiger partial charge in [0, 0.05) is 12.6 Å². The first kappa shape index (κ1) is 14.0. The zero-order valence-electron chi connectivity index (χ0n) is 10.6. The van der Waals surface area contributed by atoms with Gasteiger partial charge in [0.1, 0.15) is 0 Å². The summed E-state index contributed by atoms with van der Waals surface area (Å²) in [6, 6.07) is 4.20. The summed E-state index contributed by atoms with van der Waals surface area (Å²) in [7, 11) is 0. The van der Waals surface area contributed by atoms with Gasteiger partial charge in [0.25, 0.3) is 5.91 Å². The van der Waals surface area contributed by atoms with E-state index in [1.165, 1.54) is 43.7 Å². The first-order chi connectivity index (χ1) is 8.66. The number of nitrogens with zero attached hydrogens (tertiary/aromatic N) is 1. The van der Waals surface area contributed by atoms with E-state index >= 15 is 0 Å². The van der Waals surface area contributed by atoms with Gasteiger partial charge in [-0.25, -0.2) is 0 Å². The van der Waals surface area contributed by atoms with E-state index in [4.69, 9.17) is 0 Å². The Morgan fingerprint density at radius 2 is 2.17 bits per heavy atom. The van der Waals surface area contributed by atoms with Crippen LogP contribution in [0, 0.1) is 0 Å². The lowest BCUT2D eigenvalue weighted by molar-refractivity contribution is 0.0934. The first-order valence-electron chi connectivity index (χ1n) is 6.44. The molecule has 0 bridgehead atoms.